The van der Waals surface area contributed by atoms with Crippen LogP contribution >= 0.6 is 0 Å². The average Bonchev–Trinajstić information content (AvgIpc) is 2.90. The third-order valence-corrected chi connectivity index (χ3v) is 3.75. The van der Waals surface area contributed by atoms with Gasteiger partial charge < -0.3 is 9.47 Å². The maximum atomic E-state index is 12.7. The fourth-order valence-electron chi connectivity index (χ4n) is 2.58. The zero-order valence-corrected chi connectivity index (χ0v) is 13.6. The number of nitrogens with zero attached hydrogens (tertiary/aromatic N) is 1. The molecule has 122 valence electrons. The Labute approximate surface area is 139 Å². The summed E-state index contributed by atoms with van der Waals surface area (Å²) in [4.78, 5) is 12.7. The lowest BCUT2D eigenvalue weighted by molar-refractivity contribution is 0.354. The van der Waals surface area contributed by atoms with Gasteiger partial charge in [-0.25, -0.2) is 4.68 Å². The number of nitrogens with one attached hydrogen (secondary N) is 1. The Morgan fingerprint density at radius 2 is 1.79 bits per heavy atom. The van der Waals surface area contributed by atoms with Crippen LogP contribution in [0.4, 0.5) is 0 Å². The fourth-order valence-corrected chi connectivity index (χ4v) is 2.58. The second kappa shape index (κ2) is 6.50. The lowest BCUT2D eigenvalue weighted by Crippen LogP contribution is -2.34. The molecule has 2 aromatic carbocycles. The lowest BCUT2D eigenvalue weighted by Gasteiger charge is -2.09. The molecular weight excluding hydrogens is 304 g/mol. The summed E-state index contributed by atoms with van der Waals surface area (Å²) in [6.45, 7) is 3.94. The second-order valence-electron chi connectivity index (χ2n) is 5.21. The van der Waals surface area contributed by atoms with Gasteiger partial charge in [0.05, 0.1) is 30.5 Å². The first-order valence-electron chi connectivity index (χ1n) is 7.44. The molecule has 0 saturated heterocycles. The van der Waals surface area contributed by atoms with Crippen molar-refractivity contribution in [3.63, 3.8) is 0 Å². The largest absolute Gasteiger partial charge is 0.493 e. The molecule has 3 aromatic rings. The van der Waals surface area contributed by atoms with E-state index in [4.69, 9.17) is 9.47 Å². The molecule has 1 aromatic heterocycles. The van der Waals surface area contributed by atoms with Gasteiger partial charge in [0.25, 0.3) is 5.56 Å². The van der Waals surface area contributed by atoms with Gasteiger partial charge in [-0.2, -0.15) is 0 Å². The first kappa shape index (κ1) is 15.7. The molecule has 3 rings (SSSR count). The van der Waals surface area contributed by atoms with Gasteiger partial charge in [0.15, 0.2) is 11.5 Å². The van der Waals surface area contributed by atoms with Crippen molar-refractivity contribution in [2.24, 2.45) is 0 Å². The predicted octanol–water partition coefficient (Wildman–Crippen LogP) is 1.42. The fraction of sp³-hybridized carbons (Fsp3) is 0.105. The molecule has 0 fully saturated rings. The number of para-hydroxylation sites is 2. The molecule has 0 bridgehead atoms. The molecule has 0 aliphatic heterocycles. The van der Waals surface area contributed by atoms with Gasteiger partial charge in [-0.3, -0.25) is 9.89 Å². The van der Waals surface area contributed by atoms with Crippen LogP contribution < -0.4 is 25.6 Å². The van der Waals surface area contributed by atoms with Crippen molar-refractivity contribution >= 4 is 12.7 Å². The highest BCUT2D eigenvalue weighted by molar-refractivity contribution is 5.62. The van der Waals surface area contributed by atoms with Gasteiger partial charge >= 0.3 is 0 Å². The Balaban J connectivity index is 2.22. The van der Waals surface area contributed by atoms with Crippen molar-refractivity contribution in [1.29, 1.82) is 0 Å². The van der Waals surface area contributed by atoms with Gasteiger partial charge in [-0.15, -0.1) is 0 Å². The van der Waals surface area contributed by atoms with E-state index in [0.29, 0.717) is 22.1 Å². The number of aromatic nitrogens is 2. The zero-order valence-electron chi connectivity index (χ0n) is 13.6. The van der Waals surface area contributed by atoms with Crippen molar-refractivity contribution in [2.45, 2.75) is 0 Å². The Bertz CT molecular complexity index is 1020. The lowest BCUT2D eigenvalue weighted by atomic mass is 10.1. The molecule has 0 radical (unpaired) electrons. The van der Waals surface area contributed by atoms with E-state index in [2.05, 4.69) is 11.7 Å². The van der Waals surface area contributed by atoms with E-state index in [1.165, 1.54) is 4.68 Å². The minimum Gasteiger partial charge on any atom is -0.493 e. The van der Waals surface area contributed by atoms with Crippen LogP contribution in [-0.4, -0.2) is 24.0 Å². The highest BCUT2D eigenvalue weighted by Crippen LogP contribution is 2.30. The third-order valence-electron chi connectivity index (χ3n) is 3.75. The van der Waals surface area contributed by atoms with E-state index < -0.39 is 0 Å². The zero-order chi connectivity index (χ0) is 17.1. The number of benzene rings is 2. The van der Waals surface area contributed by atoms with Crippen molar-refractivity contribution in [3.05, 3.63) is 75.0 Å². The molecule has 1 N–H and O–H groups in total. The van der Waals surface area contributed by atoms with Crippen LogP contribution in [0.2, 0.25) is 0 Å². The quantitative estimate of drug-likeness (QED) is 0.790. The van der Waals surface area contributed by atoms with E-state index in [1.54, 1.807) is 26.4 Å². The number of rotatable bonds is 4. The van der Waals surface area contributed by atoms with Gasteiger partial charge in [0, 0.05) is 5.56 Å². The Hall–Kier alpha value is -3.21. The van der Waals surface area contributed by atoms with E-state index in [9.17, 15) is 4.79 Å². The molecular formula is C19H18N2O3. The average molecular weight is 322 g/mol. The van der Waals surface area contributed by atoms with Crippen molar-refractivity contribution in [3.8, 4) is 17.2 Å². The Morgan fingerprint density at radius 3 is 2.46 bits per heavy atom. The van der Waals surface area contributed by atoms with E-state index in [-0.39, 0.29) is 5.56 Å². The minimum absolute atomic E-state index is 0.170. The van der Waals surface area contributed by atoms with Crippen molar-refractivity contribution in [1.82, 2.24) is 9.78 Å². The minimum atomic E-state index is -0.170. The number of H-pyrrole nitrogens is 1. The summed E-state index contributed by atoms with van der Waals surface area (Å²) in [6, 6.07) is 14.9. The van der Waals surface area contributed by atoms with Crippen molar-refractivity contribution in [2.75, 3.05) is 14.2 Å². The monoisotopic (exact) mass is 322 g/mol. The molecule has 0 saturated carbocycles. The van der Waals surface area contributed by atoms with Crippen LogP contribution in [0.1, 0.15) is 5.56 Å². The summed E-state index contributed by atoms with van der Waals surface area (Å²) in [5, 5.41) is 4.02. The molecule has 1 heterocycles. The van der Waals surface area contributed by atoms with E-state index in [1.807, 2.05) is 42.5 Å². The van der Waals surface area contributed by atoms with Crippen LogP contribution in [-0.2, 0) is 0 Å². The van der Waals surface area contributed by atoms with Gasteiger partial charge in [-0.05, 0) is 24.3 Å². The van der Waals surface area contributed by atoms with E-state index in [0.717, 1.165) is 11.3 Å². The standard InChI is InChI=1S/C19H18N2O3/c1-13-16(12-14-8-7-11-17(23-2)18(14)24-3)19(22)21(20-13)15-9-5-4-6-10-15/h4-12,20H,1H2,2-3H3/b16-12+. The maximum absolute atomic E-state index is 12.7. The molecule has 0 unspecified atom stereocenters. The second-order valence-corrected chi connectivity index (χ2v) is 5.21. The molecule has 0 aliphatic carbocycles. The Morgan fingerprint density at radius 1 is 1.04 bits per heavy atom. The van der Waals surface area contributed by atoms with Gasteiger partial charge in [0.1, 0.15) is 0 Å². The van der Waals surface area contributed by atoms with E-state index >= 15 is 0 Å². The molecule has 0 atom stereocenters. The van der Waals surface area contributed by atoms with Gasteiger partial charge in [-0.1, -0.05) is 36.9 Å². The smallest absolute Gasteiger partial charge is 0.279 e. The highest BCUT2D eigenvalue weighted by atomic mass is 16.5. The molecule has 5 heteroatoms. The first-order chi connectivity index (χ1) is 11.7. The summed E-state index contributed by atoms with van der Waals surface area (Å²) < 4.78 is 12.2. The van der Waals surface area contributed by atoms with Crippen LogP contribution in [0.25, 0.3) is 18.3 Å². The van der Waals surface area contributed by atoms with Crippen LogP contribution in [0.15, 0.2) is 53.3 Å². The normalized spacial score (nSPS) is 11.5. The topological polar surface area (TPSA) is 56.2 Å². The summed E-state index contributed by atoms with van der Waals surface area (Å²) in [7, 11) is 3.15. The van der Waals surface area contributed by atoms with Crippen molar-refractivity contribution < 1.29 is 9.47 Å². The highest BCUT2D eigenvalue weighted by Gasteiger charge is 2.09. The number of hydrogen-bond acceptors (Lipinski definition) is 3. The summed E-state index contributed by atoms with van der Waals surface area (Å²) in [5.41, 5.74) is 1.33. The first-order valence-corrected chi connectivity index (χ1v) is 7.44. The molecule has 5 nitrogen and oxygen atoms in total. The number of ether oxygens (including phenoxy) is 2. The maximum Gasteiger partial charge on any atom is 0.279 e. The summed E-state index contributed by atoms with van der Waals surface area (Å²) in [6.07, 6.45) is 1.75. The van der Waals surface area contributed by atoms with Crippen LogP contribution in [0, 0.1) is 0 Å². The molecule has 0 aliphatic rings. The number of hydrogen-bond donors (Lipinski definition) is 1. The molecule has 24 heavy (non-hydrogen) atoms. The molecule has 0 amide bonds. The molecule has 0 spiro atoms. The third kappa shape index (κ3) is 2.72. The predicted molar refractivity (Wildman–Crippen MR) is 94.3 cm³/mol. The summed E-state index contributed by atoms with van der Waals surface area (Å²) in [5.74, 6) is 1.18. The van der Waals surface area contributed by atoms with Crippen LogP contribution in [0.5, 0.6) is 11.5 Å². The number of methoxy groups -OCH3 is 2. The summed E-state index contributed by atoms with van der Waals surface area (Å²) >= 11 is 0. The Kier molecular flexibility index (Phi) is 4.24. The van der Waals surface area contributed by atoms with Gasteiger partial charge in [0.2, 0.25) is 0 Å². The van der Waals surface area contributed by atoms with Crippen LogP contribution in [0.3, 0.4) is 0 Å². The SMILES string of the molecule is C=c1[nH]n(-c2ccccc2)c(=O)/c1=C/c1cccc(OC)c1OC. The number of aromatic amines is 1.